The summed E-state index contributed by atoms with van der Waals surface area (Å²) in [5.41, 5.74) is 2.53. The van der Waals surface area contributed by atoms with Crippen LogP contribution in [0.25, 0.3) is 10.9 Å². The Morgan fingerprint density at radius 3 is 2.62 bits per heavy atom. The van der Waals surface area contributed by atoms with Crippen LogP contribution < -0.4 is 15.0 Å². The number of pyridine rings is 1. The fourth-order valence-corrected chi connectivity index (χ4v) is 3.25. The summed E-state index contributed by atoms with van der Waals surface area (Å²) < 4.78 is 33.6. The number of hydrogen-bond acceptors (Lipinski definition) is 4. The number of carbonyl (C=O) groups is 1. The first kappa shape index (κ1) is 21.2. The molecule has 4 rings (SSSR count). The van der Waals surface area contributed by atoms with Crippen LogP contribution in [0.2, 0.25) is 0 Å². The van der Waals surface area contributed by atoms with Crippen LogP contribution >= 0.6 is 0 Å². The lowest BCUT2D eigenvalue weighted by atomic mass is 10.1. The Hall–Kier alpha value is -4.00. The average molecular weight is 433 g/mol. The molecule has 0 atom stereocenters. The first-order chi connectivity index (χ1) is 15.4. The SMILES string of the molecule is CN(C)c1ccc2c(Oc3cc(C(=O)NCc4cccc(F)c4)ccc3F)ccnc2c1. The highest BCUT2D eigenvalue weighted by molar-refractivity contribution is 5.94. The summed E-state index contributed by atoms with van der Waals surface area (Å²) in [6.07, 6.45) is 1.59. The van der Waals surface area contributed by atoms with Gasteiger partial charge in [0.1, 0.15) is 11.6 Å². The zero-order valence-corrected chi connectivity index (χ0v) is 17.6. The number of fused-ring (bicyclic) bond motifs is 1. The van der Waals surface area contributed by atoms with E-state index in [0.717, 1.165) is 11.1 Å². The van der Waals surface area contributed by atoms with Crippen molar-refractivity contribution in [2.75, 3.05) is 19.0 Å². The average Bonchev–Trinajstić information content (AvgIpc) is 2.78. The zero-order valence-electron chi connectivity index (χ0n) is 17.6. The summed E-state index contributed by atoms with van der Waals surface area (Å²) in [7, 11) is 3.86. The van der Waals surface area contributed by atoms with Crippen molar-refractivity contribution < 1.29 is 18.3 Å². The predicted octanol–water partition coefficient (Wildman–Crippen LogP) is 5.30. The van der Waals surface area contributed by atoms with Crippen molar-refractivity contribution in [1.82, 2.24) is 10.3 Å². The third kappa shape index (κ3) is 4.67. The highest BCUT2D eigenvalue weighted by Gasteiger charge is 2.13. The Kier molecular flexibility index (Phi) is 5.98. The molecule has 0 aliphatic heterocycles. The molecular formula is C25H21F2N3O2. The van der Waals surface area contributed by atoms with Crippen LogP contribution in [0, 0.1) is 11.6 Å². The number of nitrogens with one attached hydrogen (secondary N) is 1. The van der Waals surface area contributed by atoms with E-state index < -0.39 is 11.7 Å². The van der Waals surface area contributed by atoms with Crippen LogP contribution in [0.15, 0.2) is 72.9 Å². The van der Waals surface area contributed by atoms with Gasteiger partial charge in [0.15, 0.2) is 11.6 Å². The molecule has 0 fully saturated rings. The molecule has 0 radical (unpaired) electrons. The molecule has 162 valence electrons. The van der Waals surface area contributed by atoms with Gasteiger partial charge in [0.2, 0.25) is 0 Å². The molecule has 0 bridgehead atoms. The van der Waals surface area contributed by atoms with Crippen LogP contribution in [0.3, 0.4) is 0 Å². The minimum atomic E-state index is -0.596. The molecule has 0 saturated heterocycles. The zero-order chi connectivity index (χ0) is 22.7. The number of carbonyl (C=O) groups excluding carboxylic acids is 1. The monoisotopic (exact) mass is 433 g/mol. The van der Waals surface area contributed by atoms with E-state index in [1.807, 2.05) is 37.2 Å². The van der Waals surface area contributed by atoms with E-state index in [2.05, 4.69) is 10.3 Å². The molecule has 0 spiro atoms. The van der Waals surface area contributed by atoms with Gasteiger partial charge in [-0.2, -0.15) is 0 Å². The molecule has 0 aliphatic rings. The molecule has 1 N–H and O–H groups in total. The highest BCUT2D eigenvalue weighted by Crippen LogP contribution is 2.32. The molecular weight excluding hydrogens is 412 g/mol. The number of aromatic nitrogens is 1. The van der Waals surface area contributed by atoms with Crippen LogP contribution in [-0.4, -0.2) is 25.0 Å². The summed E-state index contributed by atoms with van der Waals surface area (Å²) in [6.45, 7) is 0.146. The van der Waals surface area contributed by atoms with Crippen molar-refractivity contribution in [2.24, 2.45) is 0 Å². The van der Waals surface area contributed by atoms with Gasteiger partial charge in [-0.25, -0.2) is 8.78 Å². The number of nitrogens with zero attached hydrogens (tertiary/aromatic N) is 2. The third-order valence-corrected chi connectivity index (χ3v) is 4.96. The van der Waals surface area contributed by atoms with E-state index in [-0.39, 0.29) is 23.7 Å². The second-order valence-corrected chi connectivity index (χ2v) is 7.46. The molecule has 32 heavy (non-hydrogen) atoms. The molecule has 0 aliphatic carbocycles. The number of amides is 1. The van der Waals surface area contributed by atoms with Gasteiger partial charge in [-0.1, -0.05) is 12.1 Å². The Morgan fingerprint density at radius 2 is 1.84 bits per heavy atom. The summed E-state index contributed by atoms with van der Waals surface area (Å²) in [6, 6.07) is 17.2. The first-order valence-corrected chi connectivity index (χ1v) is 9.97. The maximum Gasteiger partial charge on any atom is 0.251 e. The van der Waals surface area contributed by atoms with Crippen molar-refractivity contribution in [2.45, 2.75) is 6.54 Å². The Balaban J connectivity index is 1.56. The minimum Gasteiger partial charge on any atom is -0.453 e. The second kappa shape index (κ2) is 9.01. The lowest BCUT2D eigenvalue weighted by molar-refractivity contribution is 0.0950. The van der Waals surface area contributed by atoms with Gasteiger partial charge < -0.3 is 15.0 Å². The Morgan fingerprint density at radius 1 is 1.00 bits per heavy atom. The van der Waals surface area contributed by atoms with Crippen molar-refractivity contribution in [1.29, 1.82) is 0 Å². The normalized spacial score (nSPS) is 10.8. The van der Waals surface area contributed by atoms with E-state index in [9.17, 15) is 13.6 Å². The van der Waals surface area contributed by atoms with Gasteiger partial charge >= 0.3 is 0 Å². The molecule has 1 amide bonds. The smallest absolute Gasteiger partial charge is 0.251 e. The number of ether oxygens (including phenoxy) is 1. The molecule has 1 aromatic heterocycles. The number of benzene rings is 3. The van der Waals surface area contributed by atoms with Gasteiger partial charge in [0, 0.05) is 43.5 Å². The lowest BCUT2D eigenvalue weighted by Crippen LogP contribution is -2.22. The van der Waals surface area contributed by atoms with Gasteiger partial charge in [-0.05, 0) is 60.2 Å². The quantitative estimate of drug-likeness (QED) is 0.448. The van der Waals surface area contributed by atoms with Gasteiger partial charge in [-0.3, -0.25) is 9.78 Å². The number of rotatable bonds is 6. The van der Waals surface area contributed by atoms with Gasteiger partial charge in [0.25, 0.3) is 5.91 Å². The highest BCUT2D eigenvalue weighted by atomic mass is 19.1. The predicted molar refractivity (Wildman–Crippen MR) is 120 cm³/mol. The molecule has 1 heterocycles. The third-order valence-electron chi connectivity index (χ3n) is 4.96. The van der Waals surface area contributed by atoms with E-state index in [4.69, 9.17) is 4.74 Å². The maximum atomic E-state index is 14.5. The van der Waals surface area contributed by atoms with Crippen molar-refractivity contribution in [3.05, 3.63) is 95.7 Å². The van der Waals surface area contributed by atoms with E-state index >= 15 is 0 Å². The fraction of sp³-hybridized carbons (Fsp3) is 0.120. The molecule has 4 aromatic rings. The molecule has 0 unspecified atom stereocenters. The maximum absolute atomic E-state index is 14.5. The molecule has 0 saturated carbocycles. The fourth-order valence-electron chi connectivity index (χ4n) is 3.25. The number of halogens is 2. The summed E-state index contributed by atoms with van der Waals surface area (Å²) in [5.74, 6) is -1.04. The van der Waals surface area contributed by atoms with Crippen LogP contribution in [0.5, 0.6) is 11.5 Å². The second-order valence-electron chi connectivity index (χ2n) is 7.46. The first-order valence-electron chi connectivity index (χ1n) is 9.97. The minimum absolute atomic E-state index is 0.0763. The summed E-state index contributed by atoms with van der Waals surface area (Å²) in [5, 5.41) is 3.42. The van der Waals surface area contributed by atoms with Crippen LogP contribution in [0.1, 0.15) is 15.9 Å². The van der Waals surface area contributed by atoms with E-state index in [1.165, 1.54) is 30.3 Å². The van der Waals surface area contributed by atoms with Crippen LogP contribution in [0.4, 0.5) is 14.5 Å². The van der Waals surface area contributed by atoms with Gasteiger partial charge in [-0.15, -0.1) is 0 Å². The summed E-state index contributed by atoms with van der Waals surface area (Å²) >= 11 is 0. The molecule has 5 nitrogen and oxygen atoms in total. The Bertz CT molecular complexity index is 1290. The van der Waals surface area contributed by atoms with E-state index in [1.54, 1.807) is 24.4 Å². The van der Waals surface area contributed by atoms with Crippen molar-refractivity contribution >= 4 is 22.5 Å². The molecule has 7 heteroatoms. The van der Waals surface area contributed by atoms with E-state index in [0.29, 0.717) is 16.8 Å². The van der Waals surface area contributed by atoms with Crippen molar-refractivity contribution in [3.8, 4) is 11.5 Å². The number of hydrogen-bond donors (Lipinski definition) is 1. The standard InChI is InChI=1S/C25H21F2N3O2/c1-30(2)19-7-8-20-22(14-19)28-11-10-23(20)32-24-13-17(6-9-21(24)27)25(31)29-15-16-4-3-5-18(26)12-16/h3-14H,15H2,1-2H3,(H,29,31). The van der Waals surface area contributed by atoms with Gasteiger partial charge in [0.05, 0.1) is 5.52 Å². The summed E-state index contributed by atoms with van der Waals surface area (Å²) in [4.78, 5) is 18.9. The molecule has 3 aromatic carbocycles. The largest absolute Gasteiger partial charge is 0.453 e. The Labute approximate surface area is 184 Å². The lowest BCUT2D eigenvalue weighted by Gasteiger charge is -2.14. The van der Waals surface area contributed by atoms with Crippen molar-refractivity contribution in [3.63, 3.8) is 0 Å². The number of anilines is 1. The van der Waals surface area contributed by atoms with Crippen LogP contribution in [-0.2, 0) is 6.54 Å². The topological polar surface area (TPSA) is 54.5 Å².